The number of hydrogen-bond acceptors (Lipinski definition) is 5. The minimum Gasteiger partial charge on any atom is -0.507 e. The molecular weight excluding hydrogens is 246 g/mol. The van der Waals surface area contributed by atoms with Gasteiger partial charge in [-0.1, -0.05) is 0 Å². The van der Waals surface area contributed by atoms with E-state index in [0.717, 1.165) is 5.56 Å². The standard InChI is InChI=1S/C13H13N3O3/c1-7-4-5-15-12(11(7)14)16-8-2-3-10(17)9(6-8)13(18)19/h2-6,17H,14H2,1H3,(H,15,16)(H,18,19). The fraction of sp³-hybridized carbons (Fsp3) is 0.0769. The lowest BCUT2D eigenvalue weighted by molar-refractivity contribution is 0.0694. The summed E-state index contributed by atoms with van der Waals surface area (Å²) in [7, 11) is 0. The number of phenols is 1. The summed E-state index contributed by atoms with van der Waals surface area (Å²) < 4.78 is 0. The number of carboxylic acid groups (broad SMARTS) is 1. The van der Waals surface area contributed by atoms with Crippen LogP contribution in [0.15, 0.2) is 30.5 Å². The molecule has 0 fully saturated rings. The molecule has 0 radical (unpaired) electrons. The average molecular weight is 259 g/mol. The van der Waals surface area contributed by atoms with E-state index in [2.05, 4.69) is 10.3 Å². The molecule has 0 aliphatic carbocycles. The Bertz CT molecular complexity index is 641. The van der Waals surface area contributed by atoms with Crippen LogP contribution in [0.3, 0.4) is 0 Å². The number of aryl methyl sites for hydroxylation is 1. The van der Waals surface area contributed by atoms with Crippen molar-refractivity contribution in [2.75, 3.05) is 11.1 Å². The average Bonchev–Trinajstić information content (AvgIpc) is 2.37. The molecule has 19 heavy (non-hydrogen) atoms. The number of nitrogens with zero attached hydrogens (tertiary/aromatic N) is 1. The summed E-state index contributed by atoms with van der Waals surface area (Å²) in [6.45, 7) is 1.85. The van der Waals surface area contributed by atoms with Crippen molar-refractivity contribution in [1.29, 1.82) is 0 Å². The van der Waals surface area contributed by atoms with Gasteiger partial charge in [0, 0.05) is 11.9 Å². The lowest BCUT2D eigenvalue weighted by Gasteiger charge is -2.10. The quantitative estimate of drug-likeness (QED) is 0.629. The van der Waals surface area contributed by atoms with Gasteiger partial charge in [0.2, 0.25) is 0 Å². The second-order valence-corrected chi connectivity index (χ2v) is 4.05. The molecule has 0 amide bonds. The minimum absolute atomic E-state index is 0.184. The maximum absolute atomic E-state index is 10.9. The number of nitrogens with one attached hydrogen (secondary N) is 1. The lowest BCUT2D eigenvalue weighted by atomic mass is 10.1. The first-order chi connectivity index (χ1) is 8.99. The van der Waals surface area contributed by atoms with Crippen LogP contribution in [0.25, 0.3) is 0 Å². The summed E-state index contributed by atoms with van der Waals surface area (Å²) in [5, 5.41) is 21.3. The molecule has 0 saturated heterocycles. The Labute approximate surface area is 109 Å². The van der Waals surface area contributed by atoms with Crippen molar-refractivity contribution in [3.8, 4) is 5.75 Å². The van der Waals surface area contributed by atoms with Gasteiger partial charge in [0.1, 0.15) is 11.3 Å². The summed E-state index contributed by atoms with van der Waals surface area (Å²) in [6, 6.07) is 5.95. The first-order valence-corrected chi connectivity index (χ1v) is 5.53. The maximum atomic E-state index is 10.9. The third-order valence-electron chi connectivity index (χ3n) is 2.70. The number of anilines is 3. The summed E-state index contributed by atoms with van der Waals surface area (Å²) >= 11 is 0. The fourth-order valence-electron chi connectivity index (χ4n) is 1.59. The molecule has 6 heteroatoms. The lowest BCUT2D eigenvalue weighted by Crippen LogP contribution is -2.02. The Morgan fingerprint density at radius 2 is 2.11 bits per heavy atom. The van der Waals surface area contributed by atoms with E-state index in [1.165, 1.54) is 12.1 Å². The Hall–Kier alpha value is -2.76. The van der Waals surface area contributed by atoms with Crippen molar-refractivity contribution in [1.82, 2.24) is 4.98 Å². The summed E-state index contributed by atoms with van der Waals surface area (Å²) in [5.41, 5.74) is 7.53. The number of aromatic nitrogens is 1. The third-order valence-corrected chi connectivity index (χ3v) is 2.70. The smallest absolute Gasteiger partial charge is 0.339 e. The fourth-order valence-corrected chi connectivity index (χ4v) is 1.59. The molecule has 0 spiro atoms. The SMILES string of the molecule is Cc1ccnc(Nc2ccc(O)c(C(=O)O)c2)c1N. The molecule has 0 aliphatic rings. The van der Waals surface area contributed by atoms with Crippen LogP contribution in [0, 0.1) is 6.92 Å². The van der Waals surface area contributed by atoms with E-state index in [9.17, 15) is 9.90 Å². The number of rotatable bonds is 3. The van der Waals surface area contributed by atoms with E-state index in [1.807, 2.05) is 6.92 Å². The number of aromatic carboxylic acids is 1. The number of benzene rings is 1. The molecule has 2 aromatic rings. The molecule has 6 nitrogen and oxygen atoms in total. The second kappa shape index (κ2) is 4.85. The van der Waals surface area contributed by atoms with Crippen LogP contribution in [0.5, 0.6) is 5.75 Å². The predicted molar refractivity (Wildman–Crippen MR) is 71.7 cm³/mol. The minimum atomic E-state index is -1.20. The van der Waals surface area contributed by atoms with Crippen LogP contribution in [0.1, 0.15) is 15.9 Å². The van der Waals surface area contributed by atoms with Gasteiger partial charge in [-0.15, -0.1) is 0 Å². The Kier molecular flexibility index (Phi) is 3.24. The van der Waals surface area contributed by atoms with Gasteiger partial charge in [-0.3, -0.25) is 0 Å². The van der Waals surface area contributed by atoms with E-state index < -0.39 is 5.97 Å². The highest BCUT2D eigenvalue weighted by molar-refractivity contribution is 5.92. The van der Waals surface area contributed by atoms with Crippen molar-refractivity contribution < 1.29 is 15.0 Å². The summed E-state index contributed by atoms with van der Waals surface area (Å²) in [5.74, 6) is -1.04. The summed E-state index contributed by atoms with van der Waals surface area (Å²) in [4.78, 5) is 15.0. The highest BCUT2D eigenvalue weighted by atomic mass is 16.4. The van der Waals surface area contributed by atoms with E-state index in [1.54, 1.807) is 18.3 Å². The third kappa shape index (κ3) is 2.57. The van der Waals surface area contributed by atoms with Crippen LogP contribution in [-0.2, 0) is 0 Å². The van der Waals surface area contributed by atoms with Gasteiger partial charge in [0.15, 0.2) is 5.82 Å². The molecule has 0 unspecified atom stereocenters. The van der Waals surface area contributed by atoms with Crippen LogP contribution < -0.4 is 11.1 Å². The topological polar surface area (TPSA) is 108 Å². The largest absolute Gasteiger partial charge is 0.507 e. The second-order valence-electron chi connectivity index (χ2n) is 4.05. The number of nitrogens with two attached hydrogens (primary N) is 1. The van der Waals surface area contributed by atoms with Crippen molar-refractivity contribution >= 4 is 23.2 Å². The van der Waals surface area contributed by atoms with E-state index in [-0.39, 0.29) is 11.3 Å². The van der Waals surface area contributed by atoms with Gasteiger partial charge >= 0.3 is 5.97 Å². The predicted octanol–water partition coefficient (Wildman–Crippen LogP) is 2.12. The van der Waals surface area contributed by atoms with E-state index in [0.29, 0.717) is 17.2 Å². The molecule has 2 rings (SSSR count). The molecule has 1 aromatic carbocycles. The number of carboxylic acids is 1. The van der Waals surface area contributed by atoms with Gasteiger partial charge in [-0.2, -0.15) is 0 Å². The Morgan fingerprint density at radius 1 is 1.37 bits per heavy atom. The first-order valence-electron chi connectivity index (χ1n) is 5.53. The van der Waals surface area contributed by atoms with E-state index in [4.69, 9.17) is 10.8 Å². The van der Waals surface area contributed by atoms with E-state index >= 15 is 0 Å². The van der Waals surface area contributed by atoms with Gasteiger partial charge in [0.25, 0.3) is 0 Å². The zero-order valence-corrected chi connectivity index (χ0v) is 10.2. The summed E-state index contributed by atoms with van der Waals surface area (Å²) in [6.07, 6.45) is 1.60. The Morgan fingerprint density at radius 3 is 2.79 bits per heavy atom. The molecule has 0 saturated carbocycles. The molecule has 0 atom stereocenters. The zero-order valence-electron chi connectivity index (χ0n) is 10.2. The van der Waals surface area contributed by atoms with Crippen molar-refractivity contribution in [3.05, 3.63) is 41.6 Å². The van der Waals surface area contributed by atoms with Crippen LogP contribution in [0.4, 0.5) is 17.2 Å². The Balaban J connectivity index is 2.36. The van der Waals surface area contributed by atoms with Crippen LogP contribution in [0.2, 0.25) is 0 Å². The van der Waals surface area contributed by atoms with Crippen LogP contribution >= 0.6 is 0 Å². The number of hydrogen-bond donors (Lipinski definition) is 4. The van der Waals surface area contributed by atoms with Crippen molar-refractivity contribution in [3.63, 3.8) is 0 Å². The maximum Gasteiger partial charge on any atom is 0.339 e. The van der Waals surface area contributed by atoms with Crippen molar-refractivity contribution in [2.45, 2.75) is 6.92 Å². The van der Waals surface area contributed by atoms with Gasteiger partial charge in [-0.25, -0.2) is 9.78 Å². The molecule has 0 aliphatic heterocycles. The van der Waals surface area contributed by atoms with Gasteiger partial charge in [-0.05, 0) is 36.8 Å². The van der Waals surface area contributed by atoms with Gasteiger partial charge in [0.05, 0.1) is 5.69 Å². The molecule has 1 heterocycles. The normalized spacial score (nSPS) is 10.2. The van der Waals surface area contributed by atoms with Crippen LogP contribution in [-0.4, -0.2) is 21.2 Å². The van der Waals surface area contributed by atoms with Crippen molar-refractivity contribution in [2.24, 2.45) is 0 Å². The number of carbonyl (C=O) groups is 1. The number of nitrogen functional groups attached to an aromatic ring is 1. The monoisotopic (exact) mass is 259 g/mol. The highest BCUT2D eigenvalue weighted by Crippen LogP contribution is 2.26. The number of aromatic hydroxyl groups is 1. The van der Waals surface area contributed by atoms with Gasteiger partial charge < -0.3 is 21.3 Å². The highest BCUT2D eigenvalue weighted by Gasteiger charge is 2.11. The molecule has 5 N–H and O–H groups in total. The first kappa shape index (κ1) is 12.7. The molecular formula is C13H13N3O3. The number of pyridine rings is 1. The zero-order chi connectivity index (χ0) is 14.0. The molecule has 98 valence electrons. The molecule has 0 bridgehead atoms. The molecule has 1 aromatic heterocycles.